The first-order valence-corrected chi connectivity index (χ1v) is 6.54. The number of hydrogen-bond acceptors (Lipinski definition) is 3. The van der Waals surface area contributed by atoms with Gasteiger partial charge < -0.3 is 10.4 Å². The van der Waals surface area contributed by atoms with Crippen molar-refractivity contribution in [3.05, 3.63) is 53.3 Å². The molecule has 1 aromatic carbocycles. The fourth-order valence-electron chi connectivity index (χ4n) is 2.15. The maximum Gasteiger partial charge on any atom is 0.339 e. The smallest absolute Gasteiger partial charge is 0.339 e. The molecule has 0 aliphatic carbocycles. The predicted octanol–water partition coefficient (Wildman–Crippen LogP) is 3.96. The fraction of sp³-hybridized carbons (Fsp3) is 0.250. The number of rotatable bonds is 4. The second-order valence-corrected chi connectivity index (χ2v) is 5.05. The molecule has 4 nitrogen and oxygen atoms in total. The van der Waals surface area contributed by atoms with E-state index in [2.05, 4.69) is 30.2 Å². The van der Waals surface area contributed by atoms with E-state index in [-0.39, 0.29) is 5.56 Å². The van der Waals surface area contributed by atoms with Gasteiger partial charge in [0.1, 0.15) is 5.56 Å². The number of carboxylic acid groups (broad SMARTS) is 1. The summed E-state index contributed by atoms with van der Waals surface area (Å²) in [6.45, 7) is 6.24. The van der Waals surface area contributed by atoms with Crippen LogP contribution in [0.25, 0.3) is 0 Å². The number of nitrogens with one attached hydrogen (secondary N) is 1. The first-order valence-electron chi connectivity index (χ1n) is 6.54. The summed E-state index contributed by atoms with van der Waals surface area (Å²) in [4.78, 5) is 15.1. The third kappa shape index (κ3) is 2.79. The quantitative estimate of drug-likeness (QED) is 0.882. The van der Waals surface area contributed by atoms with Crippen LogP contribution in [0, 0.1) is 6.92 Å². The first-order chi connectivity index (χ1) is 9.50. The summed E-state index contributed by atoms with van der Waals surface area (Å²) in [7, 11) is 0. The highest BCUT2D eigenvalue weighted by Crippen LogP contribution is 2.31. The number of carbonyl (C=O) groups is 1. The molecule has 0 spiro atoms. The summed E-state index contributed by atoms with van der Waals surface area (Å²) in [5.74, 6) is -0.632. The van der Waals surface area contributed by atoms with Gasteiger partial charge in [-0.1, -0.05) is 32.0 Å². The monoisotopic (exact) mass is 270 g/mol. The molecule has 2 N–H and O–H groups in total. The molecule has 1 aromatic heterocycles. The normalized spacial score (nSPS) is 10.6. The van der Waals surface area contributed by atoms with Crippen LogP contribution in [0.1, 0.15) is 41.3 Å². The lowest BCUT2D eigenvalue weighted by Crippen LogP contribution is -2.06. The predicted molar refractivity (Wildman–Crippen MR) is 79.7 cm³/mol. The average molecular weight is 270 g/mol. The number of hydrogen-bond donors (Lipinski definition) is 2. The topological polar surface area (TPSA) is 62.2 Å². The van der Waals surface area contributed by atoms with Crippen LogP contribution in [-0.4, -0.2) is 16.1 Å². The Morgan fingerprint density at radius 2 is 2.05 bits per heavy atom. The van der Waals surface area contributed by atoms with Crippen LogP contribution in [0.5, 0.6) is 0 Å². The molecule has 0 saturated heterocycles. The maximum atomic E-state index is 11.2. The zero-order chi connectivity index (χ0) is 14.7. The summed E-state index contributed by atoms with van der Waals surface area (Å²) in [5, 5.41) is 12.5. The molecule has 20 heavy (non-hydrogen) atoms. The van der Waals surface area contributed by atoms with Gasteiger partial charge in [-0.25, -0.2) is 4.79 Å². The van der Waals surface area contributed by atoms with E-state index in [1.807, 2.05) is 19.1 Å². The van der Waals surface area contributed by atoms with Crippen molar-refractivity contribution >= 4 is 17.3 Å². The third-order valence-corrected chi connectivity index (χ3v) is 3.24. The number of pyridine rings is 1. The molecule has 2 aromatic rings. The summed E-state index contributed by atoms with van der Waals surface area (Å²) >= 11 is 0. The lowest BCUT2D eigenvalue weighted by atomic mass is 9.98. The van der Waals surface area contributed by atoms with Crippen LogP contribution in [0.15, 0.2) is 36.7 Å². The molecule has 0 unspecified atom stereocenters. The highest BCUT2D eigenvalue weighted by molar-refractivity contribution is 5.95. The number of nitrogens with zero attached hydrogens (tertiary/aromatic N) is 1. The molecule has 2 rings (SSSR count). The number of aryl methyl sites for hydroxylation is 1. The van der Waals surface area contributed by atoms with Crippen LogP contribution in [-0.2, 0) is 0 Å². The van der Waals surface area contributed by atoms with E-state index in [1.165, 1.54) is 6.20 Å². The maximum absolute atomic E-state index is 11.2. The van der Waals surface area contributed by atoms with Crippen molar-refractivity contribution in [1.29, 1.82) is 0 Å². The number of para-hydroxylation sites is 1. The Hall–Kier alpha value is -2.36. The SMILES string of the molecule is Cc1cccc(C(C)C)c1Nc1ccncc1C(=O)O. The van der Waals surface area contributed by atoms with E-state index >= 15 is 0 Å². The minimum Gasteiger partial charge on any atom is -0.478 e. The zero-order valence-corrected chi connectivity index (χ0v) is 11.8. The van der Waals surface area contributed by atoms with Crippen LogP contribution in [0.2, 0.25) is 0 Å². The van der Waals surface area contributed by atoms with E-state index in [0.29, 0.717) is 11.6 Å². The molecule has 104 valence electrons. The van der Waals surface area contributed by atoms with Gasteiger partial charge in [-0.15, -0.1) is 0 Å². The number of aromatic nitrogens is 1. The molecule has 4 heteroatoms. The van der Waals surface area contributed by atoms with Gasteiger partial charge in [0.05, 0.1) is 5.69 Å². The molecule has 0 amide bonds. The van der Waals surface area contributed by atoms with E-state index in [4.69, 9.17) is 0 Å². The highest BCUT2D eigenvalue weighted by Gasteiger charge is 2.14. The lowest BCUT2D eigenvalue weighted by molar-refractivity contribution is 0.0697. The van der Waals surface area contributed by atoms with E-state index in [1.54, 1.807) is 12.3 Å². The van der Waals surface area contributed by atoms with Gasteiger partial charge in [-0.05, 0) is 30.0 Å². The second kappa shape index (κ2) is 5.74. The molecule has 1 heterocycles. The van der Waals surface area contributed by atoms with Crippen LogP contribution >= 0.6 is 0 Å². The van der Waals surface area contributed by atoms with E-state index in [9.17, 15) is 9.90 Å². The highest BCUT2D eigenvalue weighted by atomic mass is 16.4. The van der Waals surface area contributed by atoms with Crippen molar-refractivity contribution in [2.45, 2.75) is 26.7 Å². The lowest BCUT2D eigenvalue weighted by Gasteiger charge is -2.18. The average Bonchev–Trinajstić information content (AvgIpc) is 2.41. The summed E-state index contributed by atoms with van der Waals surface area (Å²) < 4.78 is 0. The van der Waals surface area contributed by atoms with Crippen molar-refractivity contribution in [3.63, 3.8) is 0 Å². The molecular weight excluding hydrogens is 252 g/mol. The fourth-order valence-corrected chi connectivity index (χ4v) is 2.15. The van der Waals surface area contributed by atoms with Gasteiger partial charge in [0, 0.05) is 18.1 Å². The Kier molecular flexibility index (Phi) is 4.03. The van der Waals surface area contributed by atoms with Crippen LogP contribution in [0.3, 0.4) is 0 Å². The van der Waals surface area contributed by atoms with E-state index in [0.717, 1.165) is 16.8 Å². The summed E-state index contributed by atoms with van der Waals surface area (Å²) in [6.07, 6.45) is 2.94. The molecule has 0 aliphatic heterocycles. The number of aromatic carboxylic acids is 1. The standard InChI is InChI=1S/C16H18N2O2/c1-10(2)12-6-4-5-11(3)15(12)18-14-7-8-17-9-13(14)16(19)20/h4-10H,1-3H3,(H,17,18)(H,19,20). The van der Waals surface area contributed by atoms with Gasteiger partial charge in [0.2, 0.25) is 0 Å². The molecule has 0 bridgehead atoms. The summed E-state index contributed by atoms with van der Waals surface area (Å²) in [5.41, 5.74) is 3.95. The van der Waals surface area contributed by atoms with Gasteiger partial charge in [0.15, 0.2) is 0 Å². The molecule has 0 saturated carbocycles. The number of anilines is 2. The molecule has 0 radical (unpaired) electrons. The van der Waals surface area contributed by atoms with Crippen LogP contribution < -0.4 is 5.32 Å². The molecule has 0 atom stereocenters. The van der Waals surface area contributed by atoms with E-state index < -0.39 is 5.97 Å². The number of carboxylic acids is 1. The molecular formula is C16H18N2O2. The largest absolute Gasteiger partial charge is 0.478 e. The Morgan fingerprint density at radius 1 is 1.30 bits per heavy atom. The van der Waals surface area contributed by atoms with Crippen molar-refractivity contribution in [2.24, 2.45) is 0 Å². The van der Waals surface area contributed by atoms with Crippen molar-refractivity contribution in [2.75, 3.05) is 5.32 Å². The third-order valence-electron chi connectivity index (χ3n) is 3.24. The molecule has 0 aliphatic rings. The Bertz CT molecular complexity index is 636. The second-order valence-electron chi connectivity index (χ2n) is 5.05. The Balaban J connectivity index is 2.48. The van der Waals surface area contributed by atoms with Gasteiger partial charge >= 0.3 is 5.97 Å². The number of benzene rings is 1. The van der Waals surface area contributed by atoms with Gasteiger partial charge in [0.25, 0.3) is 0 Å². The van der Waals surface area contributed by atoms with Gasteiger partial charge in [-0.3, -0.25) is 4.98 Å². The van der Waals surface area contributed by atoms with Crippen molar-refractivity contribution in [3.8, 4) is 0 Å². The van der Waals surface area contributed by atoms with Crippen molar-refractivity contribution < 1.29 is 9.90 Å². The first kappa shape index (κ1) is 14.1. The van der Waals surface area contributed by atoms with Crippen LogP contribution in [0.4, 0.5) is 11.4 Å². The minimum atomic E-state index is -0.986. The minimum absolute atomic E-state index is 0.172. The summed E-state index contributed by atoms with van der Waals surface area (Å²) in [6, 6.07) is 7.76. The van der Waals surface area contributed by atoms with Crippen molar-refractivity contribution in [1.82, 2.24) is 4.98 Å². The molecule has 0 fully saturated rings. The zero-order valence-electron chi connectivity index (χ0n) is 11.8. The Morgan fingerprint density at radius 3 is 2.70 bits per heavy atom. The Labute approximate surface area is 118 Å². The van der Waals surface area contributed by atoms with Gasteiger partial charge in [-0.2, -0.15) is 0 Å².